The molecule has 0 unspecified atom stereocenters. The highest BCUT2D eigenvalue weighted by Gasteiger charge is 2.16. The molecule has 1 amide bonds. The maximum Gasteiger partial charge on any atom is 0.252 e. The Morgan fingerprint density at radius 1 is 0.872 bits per heavy atom. The van der Waals surface area contributed by atoms with E-state index in [0.717, 1.165) is 43.0 Å². The van der Waals surface area contributed by atoms with Crippen LogP contribution in [0.2, 0.25) is 0 Å². The van der Waals surface area contributed by atoms with Gasteiger partial charge in [-0.05, 0) is 83.9 Å². The van der Waals surface area contributed by atoms with Gasteiger partial charge in [-0.2, -0.15) is 5.10 Å². The molecule has 190 valence electrons. The van der Waals surface area contributed by atoms with Gasteiger partial charge >= 0.3 is 0 Å². The normalized spacial score (nSPS) is 12.2. The molecule has 6 aromatic rings. The van der Waals surface area contributed by atoms with E-state index < -0.39 is 0 Å². The predicted octanol–water partition coefficient (Wildman–Crippen LogP) is 7.92. The highest BCUT2D eigenvalue weighted by Crippen LogP contribution is 2.33. The SMILES string of the molecule is C[C@@H](NC(=O)c1ccccc1Sc1ccc2c(/C=C/c3ccccn3)n[nH]c2c1)c1ccc2ccccc2c1. The summed E-state index contributed by atoms with van der Waals surface area (Å²) in [6, 6.07) is 34.2. The van der Waals surface area contributed by atoms with Gasteiger partial charge in [-0.3, -0.25) is 14.9 Å². The van der Waals surface area contributed by atoms with E-state index in [4.69, 9.17) is 0 Å². The summed E-state index contributed by atoms with van der Waals surface area (Å²) in [5, 5.41) is 14.2. The van der Waals surface area contributed by atoms with Crippen molar-refractivity contribution in [2.45, 2.75) is 22.8 Å². The average molecular weight is 527 g/mol. The van der Waals surface area contributed by atoms with Gasteiger partial charge in [0.2, 0.25) is 0 Å². The van der Waals surface area contributed by atoms with Crippen molar-refractivity contribution < 1.29 is 4.79 Å². The van der Waals surface area contributed by atoms with Crippen molar-refractivity contribution in [2.75, 3.05) is 0 Å². The fourth-order valence-electron chi connectivity index (χ4n) is 4.55. The number of nitrogens with zero attached hydrogens (tertiary/aromatic N) is 2. The first kappa shape index (κ1) is 24.6. The minimum absolute atomic E-state index is 0.0941. The van der Waals surface area contributed by atoms with Crippen molar-refractivity contribution in [3.63, 3.8) is 0 Å². The van der Waals surface area contributed by atoms with Gasteiger partial charge in [0, 0.05) is 21.4 Å². The van der Waals surface area contributed by atoms with E-state index in [0.29, 0.717) is 5.56 Å². The lowest BCUT2D eigenvalue weighted by atomic mass is 10.0. The smallest absolute Gasteiger partial charge is 0.252 e. The Morgan fingerprint density at radius 2 is 1.69 bits per heavy atom. The fourth-order valence-corrected chi connectivity index (χ4v) is 5.54. The number of aromatic amines is 1. The molecule has 5 nitrogen and oxygen atoms in total. The third-order valence-electron chi connectivity index (χ3n) is 6.64. The molecule has 0 bridgehead atoms. The van der Waals surface area contributed by atoms with Gasteiger partial charge in [0.25, 0.3) is 5.91 Å². The molecule has 0 saturated heterocycles. The highest BCUT2D eigenvalue weighted by atomic mass is 32.2. The molecular weight excluding hydrogens is 500 g/mol. The van der Waals surface area contributed by atoms with E-state index >= 15 is 0 Å². The van der Waals surface area contributed by atoms with Gasteiger partial charge in [-0.1, -0.05) is 66.4 Å². The maximum atomic E-state index is 13.4. The Morgan fingerprint density at radius 3 is 2.56 bits per heavy atom. The van der Waals surface area contributed by atoms with Crippen LogP contribution in [0.1, 0.15) is 40.3 Å². The first-order chi connectivity index (χ1) is 19.1. The monoisotopic (exact) mass is 526 g/mol. The number of fused-ring (bicyclic) bond motifs is 2. The predicted molar refractivity (Wildman–Crippen MR) is 160 cm³/mol. The molecule has 4 aromatic carbocycles. The minimum Gasteiger partial charge on any atom is -0.345 e. The van der Waals surface area contributed by atoms with E-state index in [-0.39, 0.29) is 11.9 Å². The van der Waals surface area contributed by atoms with Gasteiger partial charge in [0.1, 0.15) is 0 Å². The number of hydrogen-bond donors (Lipinski definition) is 2. The molecule has 0 fully saturated rings. The van der Waals surface area contributed by atoms with Crippen molar-refractivity contribution in [2.24, 2.45) is 0 Å². The van der Waals surface area contributed by atoms with Crippen LogP contribution in [0.25, 0.3) is 33.8 Å². The molecule has 2 aromatic heterocycles. The Bertz CT molecular complexity index is 1810. The number of aromatic nitrogens is 3. The van der Waals surface area contributed by atoms with Gasteiger partial charge < -0.3 is 5.32 Å². The number of benzene rings is 4. The summed E-state index contributed by atoms with van der Waals surface area (Å²) >= 11 is 1.57. The number of nitrogens with one attached hydrogen (secondary N) is 2. The van der Waals surface area contributed by atoms with Crippen molar-refractivity contribution in [1.82, 2.24) is 20.5 Å². The third-order valence-corrected chi connectivity index (χ3v) is 7.71. The summed E-state index contributed by atoms with van der Waals surface area (Å²) in [6.45, 7) is 2.02. The molecule has 0 aliphatic carbocycles. The summed E-state index contributed by atoms with van der Waals surface area (Å²) in [5.74, 6) is -0.0941. The fraction of sp³-hybridized carbons (Fsp3) is 0.0606. The highest BCUT2D eigenvalue weighted by molar-refractivity contribution is 7.99. The number of hydrogen-bond acceptors (Lipinski definition) is 4. The lowest BCUT2D eigenvalue weighted by Gasteiger charge is -2.16. The zero-order valence-electron chi connectivity index (χ0n) is 21.3. The molecule has 0 spiro atoms. The largest absolute Gasteiger partial charge is 0.345 e. The second-order valence-corrected chi connectivity index (χ2v) is 10.4. The Balaban J connectivity index is 1.19. The Kier molecular flexibility index (Phi) is 6.93. The minimum atomic E-state index is -0.126. The van der Waals surface area contributed by atoms with E-state index in [1.807, 2.05) is 73.7 Å². The number of carbonyl (C=O) groups is 1. The van der Waals surface area contributed by atoms with Crippen LogP contribution in [0.15, 0.2) is 119 Å². The van der Waals surface area contributed by atoms with E-state index in [1.165, 1.54) is 5.39 Å². The standard InChI is InChI=1S/C33H26N4OS/c1-22(24-14-13-23-8-2-3-9-25(23)20-24)35-33(38)29-11-4-5-12-32(29)39-27-16-17-28-30(36-37-31(28)21-27)18-15-26-10-6-7-19-34-26/h2-22H,1H3,(H,35,38)(H,36,37)/b18-15+/t22-/m1/s1. The number of carbonyl (C=O) groups excluding carboxylic acids is 1. The van der Waals surface area contributed by atoms with E-state index in [2.05, 4.69) is 69.0 Å². The van der Waals surface area contributed by atoms with Crippen molar-refractivity contribution >= 4 is 51.5 Å². The molecule has 0 radical (unpaired) electrons. The van der Waals surface area contributed by atoms with Gasteiger partial charge in [0.05, 0.1) is 28.5 Å². The summed E-state index contributed by atoms with van der Waals surface area (Å²) in [7, 11) is 0. The molecule has 2 heterocycles. The molecular formula is C33H26N4OS. The van der Waals surface area contributed by atoms with Crippen molar-refractivity contribution in [1.29, 1.82) is 0 Å². The lowest BCUT2D eigenvalue weighted by Crippen LogP contribution is -2.27. The molecule has 6 rings (SSSR count). The van der Waals surface area contributed by atoms with Gasteiger partial charge in [0.15, 0.2) is 0 Å². The summed E-state index contributed by atoms with van der Waals surface area (Å²) in [6.07, 6.45) is 5.68. The molecule has 0 saturated carbocycles. The Labute approximate surface area is 231 Å². The zero-order chi connectivity index (χ0) is 26.6. The number of pyridine rings is 1. The molecule has 1 atom stereocenters. The number of H-pyrrole nitrogens is 1. The first-order valence-corrected chi connectivity index (χ1v) is 13.6. The van der Waals surface area contributed by atoms with Crippen LogP contribution in [0.4, 0.5) is 0 Å². The third kappa shape index (κ3) is 5.47. The molecule has 0 aliphatic heterocycles. The number of rotatable bonds is 7. The van der Waals surface area contributed by atoms with Crippen LogP contribution >= 0.6 is 11.8 Å². The second-order valence-electron chi connectivity index (χ2n) is 9.30. The summed E-state index contributed by atoms with van der Waals surface area (Å²) in [5.41, 5.74) is 4.40. The van der Waals surface area contributed by atoms with Crippen LogP contribution in [-0.2, 0) is 0 Å². The Hall–Kier alpha value is -4.68. The molecule has 0 aliphatic rings. The second kappa shape index (κ2) is 11.0. The zero-order valence-corrected chi connectivity index (χ0v) is 22.2. The maximum absolute atomic E-state index is 13.4. The van der Waals surface area contributed by atoms with Crippen LogP contribution in [0.3, 0.4) is 0 Å². The van der Waals surface area contributed by atoms with Gasteiger partial charge in [-0.25, -0.2) is 0 Å². The lowest BCUT2D eigenvalue weighted by molar-refractivity contribution is 0.0937. The summed E-state index contributed by atoms with van der Waals surface area (Å²) < 4.78 is 0. The van der Waals surface area contributed by atoms with E-state index in [9.17, 15) is 4.79 Å². The quantitative estimate of drug-likeness (QED) is 0.222. The van der Waals surface area contributed by atoms with Crippen LogP contribution in [0, 0.1) is 0 Å². The molecule has 6 heteroatoms. The van der Waals surface area contributed by atoms with Crippen LogP contribution in [-0.4, -0.2) is 21.1 Å². The molecule has 2 N–H and O–H groups in total. The van der Waals surface area contributed by atoms with Crippen molar-refractivity contribution in [3.8, 4) is 0 Å². The average Bonchev–Trinajstić information content (AvgIpc) is 3.38. The number of amides is 1. The summed E-state index contributed by atoms with van der Waals surface area (Å²) in [4.78, 5) is 19.6. The van der Waals surface area contributed by atoms with E-state index in [1.54, 1.807) is 18.0 Å². The molecule has 39 heavy (non-hydrogen) atoms. The topological polar surface area (TPSA) is 70.7 Å². The van der Waals surface area contributed by atoms with Crippen LogP contribution in [0.5, 0.6) is 0 Å². The van der Waals surface area contributed by atoms with Crippen LogP contribution < -0.4 is 5.32 Å². The van der Waals surface area contributed by atoms with Crippen molar-refractivity contribution in [3.05, 3.63) is 132 Å². The first-order valence-electron chi connectivity index (χ1n) is 12.8. The van der Waals surface area contributed by atoms with Gasteiger partial charge in [-0.15, -0.1) is 0 Å².